The average Bonchev–Trinajstić information content (AvgIpc) is 2.80. The van der Waals surface area contributed by atoms with Crippen LogP contribution in [0.2, 0.25) is 0 Å². The van der Waals surface area contributed by atoms with Gasteiger partial charge in [0.05, 0.1) is 0 Å². The molecule has 0 aliphatic heterocycles. The van der Waals surface area contributed by atoms with E-state index < -0.39 is 11.4 Å². The smallest absolute Gasteiger partial charge is 0.315 e. The average molecular weight is 241 g/mol. The molecule has 2 nitrogen and oxygen atoms in total. The van der Waals surface area contributed by atoms with Crippen molar-refractivity contribution in [2.24, 2.45) is 0 Å². The Hall–Kier alpha value is -0.830. The number of aliphatic carboxylic acids is 1. The minimum atomic E-state index is -0.736. The number of benzene rings is 1. The molecule has 0 bridgehead atoms. The van der Waals surface area contributed by atoms with E-state index in [0.29, 0.717) is 6.42 Å². The fourth-order valence-electron chi connectivity index (χ4n) is 1.60. The Balaban J connectivity index is 2.40. The lowest BCUT2D eigenvalue weighted by atomic mass is 9.96. The summed E-state index contributed by atoms with van der Waals surface area (Å²) in [6, 6.07) is 9.38. The van der Waals surface area contributed by atoms with Crippen molar-refractivity contribution in [3.63, 3.8) is 0 Å². The van der Waals surface area contributed by atoms with Crippen LogP contribution in [0.3, 0.4) is 0 Å². The van der Waals surface area contributed by atoms with E-state index in [0.717, 1.165) is 5.56 Å². The van der Waals surface area contributed by atoms with Gasteiger partial charge in [-0.25, -0.2) is 0 Å². The van der Waals surface area contributed by atoms with E-state index in [4.69, 9.17) is 5.11 Å². The maximum absolute atomic E-state index is 11.1. The van der Waals surface area contributed by atoms with Gasteiger partial charge in [0, 0.05) is 4.83 Å². The molecule has 1 aromatic carbocycles. The molecule has 0 unspecified atom stereocenters. The second-order valence-electron chi connectivity index (χ2n) is 3.31. The number of carbonyl (C=O) groups is 1. The minimum Gasteiger partial charge on any atom is -0.481 e. The third-order valence-corrected chi connectivity index (χ3v) is 3.65. The third kappa shape index (κ3) is 1.18. The lowest BCUT2D eigenvalue weighted by molar-refractivity contribution is -0.139. The Morgan fingerprint density at radius 2 is 2.00 bits per heavy atom. The Bertz CT molecular complexity index is 336. The van der Waals surface area contributed by atoms with Gasteiger partial charge in [0.2, 0.25) is 0 Å². The first-order valence-electron chi connectivity index (χ1n) is 4.11. The molecule has 1 N–H and O–H groups in total. The number of rotatable bonds is 2. The molecule has 1 aromatic rings. The molecule has 0 heterocycles. The first kappa shape index (κ1) is 8.75. The van der Waals surface area contributed by atoms with E-state index in [-0.39, 0.29) is 4.83 Å². The van der Waals surface area contributed by atoms with E-state index in [2.05, 4.69) is 15.9 Å². The summed E-state index contributed by atoms with van der Waals surface area (Å²) in [6.45, 7) is 0. The molecule has 0 spiro atoms. The summed E-state index contributed by atoms with van der Waals surface area (Å²) in [5, 5.41) is 9.10. The topological polar surface area (TPSA) is 37.3 Å². The molecule has 0 amide bonds. The van der Waals surface area contributed by atoms with Crippen molar-refractivity contribution < 1.29 is 9.90 Å². The van der Waals surface area contributed by atoms with Crippen molar-refractivity contribution >= 4 is 21.9 Å². The molecule has 1 fully saturated rings. The molecule has 1 aliphatic carbocycles. The third-order valence-electron chi connectivity index (χ3n) is 2.55. The summed E-state index contributed by atoms with van der Waals surface area (Å²) in [7, 11) is 0. The summed E-state index contributed by atoms with van der Waals surface area (Å²) in [5.74, 6) is -0.736. The zero-order chi connectivity index (χ0) is 9.47. The van der Waals surface area contributed by atoms with Gasteiger partial charge in [-0.2, -0.15) is 0 Å². The van der Waals surface area contributed by atoms with Crippen LogP contribution in [0, 0.1) is 0 Å². The van der Waals surface area contributed by atoms with Crippen LogP contribution >= 0.6 is 15.9 Å². The molecule has 1 aliphatic rings. The van der Waals surface area contributed by atoms with Gasteiger partial charge in [0.15, 0.2) is 0 Å². The van der Waals surface area contributed by atoms with Crippen molar-refractivity contribution in [1.29, 1.82) is 0 Å². The van der Waals surface area contributed by atoms with Crippen LogP contribution < -0.4 is 0 Å². The van der Waals surface area contributed by atoms with Crippen LogP contribution in [0.1, 0.15) is 12.0 Å². The SMILES string of the molecule is O=C(O)[C@@]1(c2ccccc2)C[C@H]1Br. The fourth-order valence-corrected chi connectivity index (χ4v) is 2.57. The molecule has 3 heteroatoms. The summed E-state index contributed by atoms with van der Waals surface area (Å²) in [6.07, 6.45) is 0.687. The highest BCUT2D eigenvalue weighted by atomic mass is 79.9. The molecule has 1 saturated carbocycles. The van der Waals surface area contributed by atoms with E-state index in [1.165, 1.54) is 0 Å². The predicted molar refractivity (Wildman–Crippen MR) is 53.1 cm³/mol. The van der Waals surface area contributed by atoms with Gasteiger partial charge in [0.1, 0.15) is 5.41 Å². The van der Waals surface area contributed by atoms with E-state index in [1.54, 1.807) is 0 Å². The first-order valence-corrected chi connectivity index (χ1v) is 5.02. The van der Waals surface area contributed by atoms with Gasteiger partial charge in [-0.05, 0) is 12.0 Å². The Labute approximate surface area is 84.7 Å². The van der Waals surface area contributed by atoms with E-state index in [1.807, 2.05) is 30.3 Å². The highest BCUT2D eigenvalue weighted by molar-refractivity contribution is 9.09. The van der Waals surface area contributed by atoms with E-state index in [9.17, 15) is 4.79 Å². The molecule has 0 saturated heterocycles. The normalized spacial score (nSPS) is 31.3. The fraction of sp³-hybridized carbons (Fsp3) is 0.300. The first-order chi connectivity index (χ1) is 6.18. The van der Waals surface area contributed by atoms with Gasteiger partial charge in [0.25, 0.3) is 0 Å². The largest absolute Gasteiger partial charge is 0.481 e. The highest BCUT2D eigenvalue weighted by Gasteiger charge is 2.60. The maximum Gasteiger partial charge on any atom is 0.315 e. The molecule has 2 atom stereocenters. The Morgan fingerprint density at radius 3 is 2.38 bits per heavy atom. The Kier molecular flexibility index (Phi) is 1.91. The number of alkyl halides is 1. The molecular weight excluding hydrogens is 232 g/mol. The molecule has 0 radical (unpaired) electrons. The second kappa shape index (κ2) is 2.84. The molecule has 68 valence electrons. The van der Waals surface area contributed by atoms with Crippen LogP contribution in [-0.4, -0.2) is 15.9 Å². The zero-order valence-corrected chi connectivity index (χ0v) is 8.49. The highest BCUT2D eigenvalue weighted by Crippen LogP contribution is 2.53. The number of halogens is 1. The van der Waals surface area contributed by atoms with Crippen LogP contribution in [0.4, 0.5) is 0 Å². The number of carboxylic acid groups (broad SMARTS) is 1. The van der Waals surface area contributed by atoms with Gasteiger partial charge >= 0.3 is 5.97 Å². The van der Waals surface area contributed by atoms with Crippen molar-refractivity contribution in [2.45, 2.75) is 16.7 Å². The summed E-state index contributed by atoms with van der Waals surface area (Å²) in [4.78, 5) is 11.1. The maximum atomic E-state index is 11.1. The molecule has 13 heavy (non-hydrogen) atoms. The number of hydrogen-bond donors (Lipinski definition) is 1. The van der Waals surface area contributed by atoms with Gasteiger partial charge in [-0.1, -0.05) is 46.3 Å². The Morgan fingerprint density at radius 1 is 1.46 bits per heavy atom. The van der Waals surface area contributed by atoms with Crippen molar-refractivity contribution in [1.82, 2.24) is 0 Å². The second-order valence-corrected chi connectivity index (χ2v) is 4.42. The van der Waals surface area contributed by atoms with Crippen molar-refractivity contribution in [2.75, 3.05) is 0 Å². The molecular formula is C10H9BrO2. The lowest BCUT2D eigenvalue weighted by Gasteiger charge is -2.09. The van der Waals surface area contributed by atoms with Gasteiger partial charge < -0.3 is 5.11 Å². The van der Waals surface area contributed by atoms with Gasteiger partial charge in [-0.15, -0.1) is 0 Å². The standard InChI is InChI=1S/C10H9BrO2/c11-8-6-10(8,9(12)13)7-4-2-1-3-5-7/h1-5,8H,6H2,(H,12,13)/t8-,10-/m1/s1. The van der Waals surface area contributed by atoms with Crippen LogP contribution in [0.5, 0.6) is 0 Å². The monoisotopic (exact) mass is 240 g/mol. The molecule has 0 aromatic heterocycles. The lowest BCUT2D eigenvalue weighted by Crippen LogP contribution is -2.22. The van der Waals surface area contributed by atoms with Gasteiger partial charge in [-0.3, -0.25) is 4.79 Å². The van der Waals surface area contributed by atoms with Crippen LogP contribution in [0.15, 0.2) is 30.3 Å². The summed E-state index contributed by atoms with van der Waals surface area (Å²) in [5.41, 5.74) is 0.228. The van der Waals surface area contributed by atoms with E-state index >= 15 is 0 Å². The summed E-state index contributed by atoms with van der Waals surface area (Å²) >= 11 is 3.36. The zero-order valence-electron chi connectivity index (χ0n) is 6.90. The van der Waals surface area contributed by atoms with Crippen molar-refractivity contribution in [3.05, 3.63) is 35.9 Å². The predicted octanol–water partition coefficient (Wildman–Crippen LogP) is 2.18. The minimum absolute atomic E-state index is 0.0832. The summed E-state index contributed by atoms with van der Waals surface area (Å²) < 4.78 is 0. The molecule has 2 rings (SSSR count). The van der Waals surface area contributed by atoms with Crippen molar-refractivity contribution in [3.8, 4) is 0 Å². The quantitative estimate of drug-likeness (QED) is 0.805. The van der Waals surface area contributed by atoms with Crippen LogP contribution in [-0.2, 0) is 10.2 Å². The number of carboxylic acids is 1. The van der Waals surface area contributed by atoms with Crippen LogP contribution in [0.25, 0.3) is 0 Å². The number of hydrogen-bond acceptors (Lipinski definition) is 1.